The monoisotopic (exact) mass is 586 g/mol. The number of hydrogen-bond donors (Lipinski definition) is 2. The minimum atomic E-state index is -0.0869. The molecule has 4 aromatic carbocycles. The van der Waals surface area contributed by atoms with Gasteiger partial charge in [0.1, 0.15) is 5.75 Å². The minimum absolute atomic E-state index is 0.0313. The number of fused-ring (bicyclic) bond motifs is 1. The normalized spacial score (nSPS) is 14.1. The summed E-state index contributed by atoms with van der Waals surface area (Å²) in [6, 6.07) is 34.9. The van der Waals surface area contributed by atoms with Crippen LogP contribution in [0, 0.1) is 0 Å². The molecule has 0 radical (unpaired) electrons. The molecule has 1 aliphatic rings. The van der Waals surface area contributed by atoms with Crippen molar-refractivity contribution in [2.24, 2.45) is 0 Å². The van der Waals surface area contributed by atoms with E-state index in [4.69, 9.17) is 4.74 Å². The molecule has 1 atom stereocenters. The van der Waals surface area contributed by atoms with Gasteiger partial charge >= 0.3 is 0 Å². The SMILES string of the molecule is O=C(c1cccc2c1OCCC2NCc1cncn1Cc1ccc(-c2ccccc2)cc1)N(CCCO)Cc1ccccc1. The van der Waals surface area contributed by atoms with E-state index in [-0.39, 0.29) is 18.6 Å². The highest BCUT2D eigenvalue weighted by molar-refractivity contribution is 5.97. The topological polar surface area (TPSA) is 79.6 Å². The number of carbonyl (C=O) groups is 1. The first kappa shape index (κ1) is 29.4. The Bertz CT molecular complexity index is 1650. The Balaban J connectivity index is 1.14. The van der Waals surface area contributed by atoms with Gasteiger partial charge in [-0.25, -0.2) is 4.98 Å². The molecule has 6 rings (SSSR count). The number of aliphatic hydroxyl groups is 1. The lowest BCUT2D eigenvalue weighted by atomic mass is 9.96. The second-order valence-electron chi connectivity index (χ2n) is 11.2. The van der Waals surface area contributed by atoms with E-state index < -0.39 is 0 Å². The van der Waals surface area contributed by atoms with Crippen LogP contribution in [0.2, 0.25) is 0 Å². The van der Waals surface area contributed by atoms with Gasteiger partial charge in [-0.15, -0.1) is 0 Å². The third-order valence-corrected chi connectivity index (χ3v) is 8.14. The van der Waals surface area contributed by atoms with E-state index in [0.29, 0.717) is 44.0 Å². The fraction of sp³-hybridized carbons (Fsp3) is 0.243. The molecule has 7 nitrogen and oxygen atoms in total. The Kier molecular flexibility index (Phi) is 9.45. The van der Waals surface area contributed by atoms with Crippen LogP contribution >= 0.6 is 0 Å². The lowest BCUT2D eigenvalue weighted by molar-refractivity contribution is 0.0725. The van der Waals surface area contributed by atoms with Crippen molar-refractivity contribution < 1.29 is 14.6 Å². The summed E-state index contributed by atoms with van der Waals surface area (Å²) in [4.78, 5) is 20.1. The van der Waals surface area contributed by atoms with Crippen molar-refractivity contribution >= 4 is 5.91 Å². The van der Waals surface area contributed by atoms with Crippen LogP contribution in [0.4, 0.5) is 0 Å². The number of benzene rings is 4. The van der Waals surface area contributed by atoms with Crippen molar-refractivity contribution in [3.8, 4) is 16.9 Å². The fourth-order valence-corrected chi connectivity index (χ4v) is 5.79. The number of imidazole rings is 1. The number of nitrogens with one attached hydrogen (secondary N) is 1. The molecule has 2 heterocycles. The van der Waals surface area contributed by atoms with Crippen LogP contribution in [0.3, 0.4) is 0 Å². The van der Waals surface area contributed by atoms with Gasteiger partial charge in [-0.2, -0.15) is 0 Å². The highest BCUT2D eigenvalue weighted by Gasteiger charge is 2.28. The molecule has 0 bridgehead atoms. The van der Waals surface area contributed by atoms with Crippen LogP contribution in [0.25, 0.3) is 11.1 Å². The molecule has 1 aromatic heterocycles. The molecule has 0 saturated heterocycles. The molecule has 2 N–H and O–H groups in total. The summed E-state index contributed by atoms with van der Waals surface area (Å²) in [5.74, 6) is 0.562. The summed E-state index contributed by atoms with van der Waals surface area (Å²) in [7, 11) is 0. The van der Waals surface area contributed by atoms with Crippen molar-refractivity contribution in [1.29, 1.82) is 0 Å². The molecule has 0 spiro atoms. The predicted octanol–water partition coefficient (Wildman–Crippen LogP) is 6.24. The molecule has 224 valence electrons. The zero-order valence-electron chi connectivity index (χ0n) is 24.8. The van der Waals surface area contributed by atoms with E-state index in [1.165, 1.54) is 16.7 Å². The number of hydrogen-bond acceptors (Lipinski definition) is 5. The number of ether oxygens (including phenoxy) is 1. The van der Waals surface area contributed by atoms with Crippen molar-refractivity contribution in [1.82, 2.24) is 19.8 Å². The van der Waals surface area contributed by atoms with Gasteiger partial charge in [-0.05, 0) is 34.7 Å². The summed E-state index contributed by atoms with van der Waals surface area (Å²) < 4.78 is 8.31. The van der Waals surface area contributed by atoms with Crippen molar-refractivity contribution in [3.63, 3.8) is 0 Å². The molecule has 5 aromatic rings. The molecule has 1 unspecified atom stereocenters. The zero-order chi connectivity index (χ0) is 30.1. The number of aliphatic hydroxyl groups excluding tert-OH is 1. The van der Waals surface area contributed by atoms with E-state index in [1.807, 2.05) is 67.1 Å². The number of rotatable bonds is 12. The third kappa shape index (κ3) is 6.91. The van der Waals surface area contributed by atoms with Crippen LogP contribution in [0.1, 0.15) is 51.6 Å². The van der Waals surface area contributed by atoms with Gasteiger partial charge in [0.15, 0.2) is 0 Å². The van der Waals surface area contributed by atoms with Crippen LogP contribution < -0.4 is 10.1 Å². The zero-order valence-corrected chi connectivity index (χ0v) is 24.8. The molecular formula is C37H38N4O3. The average molecular weight is 587 g/mol. The van der Waals surface area contributed by atoms with Crippen LogP contribution in [0.15, 0.2) is 116 Å². The molecule has 1 amide bonds. The average Bonchev–Trinajstić information content (AvgIpc) is 3.52. The molecular weight excluding hydrogens is 548 g/mol. The predicted molar refractivity (Wildman–Crippen MR) is 172 cm³/mol. The van der Waals surface area contributed by atoms with Gasteiger partial charge in [0.25, 0.3) is 5.91 Å². The van der Waals surface area contributed by atoms with E-state index in [2.05, 4.69) is 63.4 Å². The van der Waals surface area contributed by atoms with Crippen LogP contribution in [0.5, 0.6) is 5.75 Å². The molecule has 0 fully saturated rings. The second kappa shape index (κ2) is 14.2. The molecule has 0 saturated carbocycles. The number of para-hydroxylation sites is 1. The second-order valence-corrected chi connectivity index (χ2v) is 11.2. The van der Waals surface area contributed by atoms with Gasteiger partial charge in [-0.1, -0.05) is 97.1 Å². The Hall–Kier alpha value is -4.72. The van der Waals surface area contributed by atoms with E-state index in [9.17, 15) is 9.90 Å². The number of carbonyl (C=O) groups excluding carboxylic acids is 1. The first-order valence-electron chi connectivity index (χ1n) is 15.3. The van der Waals surface area contributed by atoms with Gasteiger partial charge in [0.2, 0.25) is 0 Å². The van der Waals surface area contributed by atoms with Gasteiger partial charge in [0, 0.05) is 57.0 Å². The maximum Gasteiger partial charge on any atom is 0.257 e. The summed E-state index contributed by atoms with van der Waals surface area (Å²) in [6.45, 7) is 2.88. The smallest absolute Gasteiger partial charge is 0.257 e. The molecule has 7 heteroatoms. The van der Waals surface area contributed by atoms with Crippen LogP contribution in [-0.4, -0.2) is 45.2 Å². The largest absolute Gasteiger partial charge is 0.492 e. The summed E-state index contributed by atoms with van der Waals surface area (Å²) in [5.41, 5.74) is 7.32. The van der Waals surface area contributed by atoms with Crippen molar-refractivity contribution in [2.45, 2.75) is 38.5 Å². The van der Waals surface area contributed by atoms with Crippen molar-refractivity contribution in [3.05, 3.63) is 144 Å². The Morgan fingerprint density at radius 1 is 0.909 bits per heavy atom. The van der Waals surface area contributed by atoms with Gasteiger partial charge in [0.05, 0.1) is 24.2 Å². The third-order valence-electron chi connectivity index (χ3n) is 8.14. The Morgan fingerprint density at radius 2 is 1.66 bits per heavy atom. The fourth-order valence-electron chi connectivity index (χ4n) is 5.79. The van der Waals surface area contributed by atoms with E-state index in [0.717, 1.165) is 29.8 Å². The standard InChI is InChI=1S/C37H38N4O3/c42-21-8-20-40(25-28-9-3-1-4-10-28)37(43)34-14-7-13-33-35(19-22-44-36(33)34)39-24-32-23-38-27-41(32)26-29-15-17-31(18-16-29)30-11-5-2-6-12-30/h1-7,9-18,23,27,35,39,42H,8,19-22,24-26H2. The maximum atomic E-state index is 13.8. The van der Waals surface area contributed by atoms with E-state index >= 15 is 0 Å². The number of aromatic nitrogens is 2. The van der Waals surface area contributed by atoms with Crippen molar-refractivity contribution in [2.75, 3.05) is 19.8 Å². The highest BCUT2D eigenvalue weighted by atomic mass is 16.5. The summed E-state index contributed by atoms with van der Waals surface area (Å²) in [5, 5.41) is 13.2. The number of amides is 1. The summed E-state index contributed by atoms with van der Waals surface area (Å²) in [6.07, 6.45) is 5.11. The molecule has 0 aliphatic carbocycles. The Morgan fingerprint density at radius 3 is 2.43 bits per heavy atom. The highest BCUT2D eigenvalue weighted by Crippen LogP contribution is 2.36. The molecule has 1 aliphatic heterocycles. The minimum Gasteiger partial charge on any atom is -0.492 e. The van der Waals surface area contributed by atoms with Gasteiger partial charge in [-0.3, -0.25) is 4.79 Å². The van der Waals surface area contributed by atoms with Crippen LogP contribution in [-0.2, 0) is 19.6 Å². The Labute approximate surface area is 258 Å². The van der Waals surface area contributed by atoms with E-state index in [1.54, 1.807) is 4.90 Å². The first-order valence-corrected chi connectivity index (χ1v) is 15.3. The lowest BCUT2D eigenvalue weighted by Crippen LogP contribution is -2.34. The quantitative estimate of drug-likeness (QED) is 0.181. The maximum absolute atomic E-state index is 13.8. The van der Waals surface area contributed by atoms with Gasteiger partial charge < -0.3 is 24.6 Å². The molecule has 44 heavy (non-hydrogen) atoms. The summed E-state index contributed by atoms with van der Waals surface area (Å²) >= 11 is 0. The number of nitrogens with zero attached hydrogens (tertiary/aromatic N) is 3. The lowest BCUT2D eigenvalue weighted by Gasteiger charge is -2.30. The first-order chi connectivity index (χ1) is 21.7.